The largest absolute Gasteiger partial charge is 0.457 e. The number of ether oxygens (including phenoxy) is 1. The summed E-state index contributed by atoms with van der Waals surface area (Å²) in [7, 11) is 0. The standard InChI is InChI=1S/C44H46N4O/c1-28(2)14-15-32-23-35(48-31(5)43(30(4)46-48)33-12-10-9-11-13-33)26-37(24-32)49-36-17-18-38-39-25-34(44(6,7)8)16-19-40(39)47(41(38)27-36)42-22-29(3)20-21-45-42/h9-13,16-28H,14-15H2,1-8H3. The number of fused-ring (bicyclic) bond motifs is 3. The third-order valence-corrected chi connectivity index (χ3v) is 9.53. The molecule has 0 N–H and O–H groups in total. The van der Waals surface area contributed by atoms with E-state index in [4.69, 9.17) is 14.8 Å². The summed E-state index contributed by atoms with van der Waals surface area (Å²) >= 11 is 0. The molecule has 0 unspecified atom stereocenters. The summed E-state index contributed by atoms with van der Waals surface area (Å²) in [6, 6.07) is 34.6. The minimum Gasteiger partial charge on any atom is -0.457 e. The molecule has 0 atom stereocenters. The molecule has 5 nitrogen and oxygen atoms in total. The van der Waals surface area contributed by atoms with Gasteiger partial charge in [-0.25, -0.2) is 9.67 Å². The summed E-state index contributed by atoms with van der Waals surface area (Å²) in [5, 5.41) is 7.43. The van der Waals surface area contributed by atoms with Crippen LogP contribution >= 0.6 is 0 Å². The fraction of sp³-hybridized carbons (Fsp3) is 0.273. The Morgan fingerprint density at radius 3 is 2.29 bits per heavy atom. The number of hydrogen-bond donors (Lipinski definition) is 0. The van der Waals surface area contributed by atoms with Crippen LogP contribution in [0.1, 0.15) is 69.1 Å². The summed E-state index contributed by atoms with van der Waals surface area (Å²) in [5.74, 6) is 3.09. The highest BCUT2D eigenvalue weighted by Crippen LogP contribution is 2.38. The van der Waals surface area contributed by atoms with Gasteiger partial charge in [0.25, 0.3) is 0 Å². The Hall–Kier alpha value is -5.16. The number of aromatic nitrogens is 4. The molecule has 0 aliphatic heterocycles. The van der Waals surface area contributed by atoms with Crippen molar-refractivity contribution in [2.24, 2.45) is 5.92 Å². The molecule has 7 aromatic rings. The van der Waals surface area contributed by atoms with Crippen LogP contribution in [0, 0.1) is 26.7 Å². The van der Waals surface area contributed by atoms with E-state index >= 15 is 0 Å². The highest BCUT2D eigenvalue weighted by atomic mass is 16.5. The molecule has 0 radical (unpaired) electrons. The minimum atomic E-state index is 0.0405. The van der Waals surface area contributed by atoms with E-state index in [2.05, 4.69) is 156 Å². The second kappa shape index (κ2) is 12.7. The van der Waals surface area contributed by atoms with Gasteiger partial charge in [0.05, 0.1) is 22.4 Å². The van der Waals surface area contributed by atoms with Crippen LogP contribution in [0.2, 0.25) is 0 Å². The molecule has 7 rings (SSSR count). The molecule has 0 saturated carbocycles. The Labute approximate surface area is 290 Å². The smallest absolute Gasteiger partial charge is 0.137 e. The lowest BCUT2D eigenvalue weighted by atomic mass is 9.86. The lowest BCUT2D eigenvalue weighted by Crippen LogP contribution is -2.10. The van der Waals surface area contributed by atoms with Gasteiger partial charge in [-0.1, -0.05) is 71.0 Å². The Morgan fingerprint density at radius 2 is 1.55 bits per heavy atom. The molecular weight excluding hydrogens is 601 g/mol. The van der Waals surface area contributed by atoms with Gasteiger partial charge in [0, 0.05) is 40.4 Å². The molecular formula is C44H46N4O. The molecule has 0 fully saturated rings. The zero-order valence-corrected chi connectivity index (χ0v) is 30.0. The molecule has 5 heteroatoms. The average Bonchev–Trinajstić information content (AvgIpc) is 3.55. The SMILES string of the molecule is Cc1ccnc(-n2c3ccc(C(C)(C)C)cc3c3ccc(Oc4cc(CCC(C)C)cc(-n5nc(C)c(-c6ccccc6)c5C)c4)cc32)c1. The monoisotopic (exact) mass is 646 g/mol. The van der Waals surface area contributed by atoms with Gasteiger partial charge in [-0.2, -0.15) is 5.10 Å². The van der Waals surface area contributed by atoms with Crippen molar-refractivity contribution in [3.05, 3.63) is 131 Å². The van der Waals surface area contributed by atoms with E-state index in [0.717, 1.165) is 58.3 Å². The van der Waals surface area contributed by atoms with Crippen molar-refractivity contribution in [1.29, 1.82) is 0 Å². The highest BCUT2D eigenvalue weighted by Gasteiger charge is 2.20. The van der Waals surface area contributed by atoms with Crippen molar-refractivity contribution < 1.29 is 4.74 Å². The van der Waals surface area contributed by atoms with Crippen molar-refractivity contribution >= 4 is 21.8 Å². The lowest BCUT2D eigenvalue weighted by molar-refractivity contribution is 0.481. The lowest BCUT2D eigenvalue weighted by Gasteiger charge is -2.19. The fourth-order valence-corrected chi connectivity index (χ4v) is 6.90. The van der Waals surface area contributed by atoms with Crippen molar-refractivity contribution in [3.8, 4) is 34.1 Å². The van der Waals surface area contributed by atoms with Gasteiger partial charge in [-0.3, -0.25) is 4.57 Å². The van der Waals surface area contributed by atoms with E-state index in [1.54, 1.807) is 0 Å². The van der Waals surface area contributed by atoms with Crippen LogP contribution in [0.5, 0.6) is 11.5 Å². The molecule has 49 heavy (non-hydrogen) atoms. The number of nitrogens with zero attached hydrogens (tertiary/aromatic N) is 4. The van der Waals surface area contributed by atoms with Gasteiger partial charge in [0.15, 0.2) is 0 Å². The maximum absolute atomic E-state index is 6.77. The van der Waals surface area contributed by atoms with E-state index in [-0.39, 0.29) is 5.41 Å². The first-order valence-corrected chi connectivity index (χ1v) is 17.4. The van der Waals surface area contributed by atoms with Crippen molar-refractivity contribution in [3.63, 3.8) is 0 Å². The molecule has 0 aliphatic carbocycles. The van der Waals surface area contributed by atoms with E-state index < -0.39 is 0 Å². The van der Waals surface area contributed by atoms with E-state index in [1.807, 2.05) is 12.3 Å². The summed E-state index contributed by atoms with van der Waals surface area (Å²) in [5.41, 5.74) is 11.4. The van der Waals surface area contributed by atoms with Gasteiger partial charge >= 0.3 is 0 Å². The highest BCUT2D eigenvalue weighted by molar-refractivity contribution is 6.09. The maximum atomic E-state index is 6.77. The number of rotatable bonds is 8. The summed E-state index contributed by atoms with van der Waals surface area (Å²) in [4.78, 5) is 4.81. The van der Waals surface area contributed by atoms with Crippen LogP contribution in [0.15, 0.2) is 103 Å². The van der Waals surface area contributed by atoms with Gasteiger partial charge in [-0.15, -0.1) is 0 Å². The number of pyridine rings is 1. The van der Waals surface area contributed by atoms with Crippen molar-refractivity contribution in [2.45, 2.75) is 73.6 Å². The minimum absolute atomic E-state index is 0.0405. The van der Waals surface area contributed by atoms with Crippen LogP contribution in [-0.4, -0.2) is 19.3 Å². The van der Waals surface area contributed by atoms with Crippen LogP contribution < -0.4 is 4.74 Å². The Morgan fingerprint density at radius 1 is 0.755 bits per heavy atom. The molecule has 0 amide bonds. The van der Waals surface area contributed by atoms with Crippen LogP contribution in [0.25, 0.3) is 44.4 Å². The first-order valence-electron chi connectivity index (χ1n) is 17.4. The van der Waals surface area contributed by atoms with E-state index in [1.165, 1.54) is 38.6 Å². The van der Waals surface area contributed by atoms with E-state index in [0.29, 0.717) is 5.92 Å². The average molecular weight is 647 g/mol. The number of benzene rings is 4. The topological polar surface area (TPSA) is 44.9 Å². The Balaban J connectivity index is 1.35. The van der Waals surface area contributed by atoms with Gasteiger partial charge in [0.2, 0.25) is 0 Å². The summed E-state index contributed by atoms with van der Waals surface area (Å²) in [6.07, 6.45) is 3.95. The molecule has 0 bridgehead atoms. The van der Waals surface area contributed by atoms with Crippen LogP contribution in [0.3, 0.4) is 0 Å². The second-order valence-electron chi connectivity index (χ2n) is 14.9. The molecule has 3 aromatic heterocycles. The molecule has 248 valence electrons. The molecule has 0 spiro atoms. The quantitative estimate of drug-likeness (QED) is 0.165. The zero-order chi connectivity index (χ0) is 34.4. The Bertz CT molecular complexity index is 2300. The molecule has 4 aromatic carbocycles. The first-order chi connectivity index (χ1) is 23.5. The second-order valence-corrected chi connectivity index (χ2v) is 14.9. The molecule has 3 heterocycles. The first kappa shape index (κ1) is 32.4. The van der Waals surface area contributed by atoms with E-state index in [9.17, 15) is 0 Å². The molecule has 0 aliphatic rings. The van der Waals surface area contributed by atoms with Gasteiger partial charge < -0.3 is 4.74 Å². The summed E-state index contributed by atoms with van der Waals surface area (Å²) in [6.45, 7) is 17.7. The maximum Gasteiger partial charge on any atom is 0.137 e. The third-order valence-electron chi connectivity index (χ3n) is 9.53. The van der Waals surface area contributed by atoms with Crippen LogP contribution in [0.4, 0.5) is 0 Å². The number of hydrogen-bond acceptors (Lipinski definition) is 3. The normalized spacial score (nSPS) is 12.0. The number of aryl methyl sites for hydroxylation is 3. The summed E-state index contributed by atoms with van der Waals surface area (Å²) < 4.78 is 11.1. The predicted molar refractivity (Wildman–Crippen MR) is 204 cm³/mol. The predicted octanol–water partition coefficient (Wildman–Crippen LogP) is 11.6. The zero-order valence-electron chi connectivity index (χ0n) is 30.0. The van der Waals surface area contributed by atoms with Gasteiger partial charge in [0.1, 0.15) is 17.3 Å². The van der Waals surface area contributed by atoms with Crippen molar-refractivity contribution in [2.75, 3.05) is 0 Å². The third kappa shape index (κ3) is 6.38. The Kier molecular flexibility index (Phi) is 8.40. The van der Waals surface area contributed by atoms with Crippen LogP contribution in [-0.2, 0) is 11.8 Å². The molecule has 0 saturated heterocycles. The van der Waals surface area contributed by atoms with Crippen molar-refractivity contribution in [1.82, 2.24) is 19.3 Å². The fourth-order valence-electron chi connectivity index (χ4n) is 6.90. The van der Waals surface area contributed by atoms with Gasteiger partial charge in [-0.05, 0) is 116 Å².